The second-order valence-electron chi connectivity index (χ2n) is 6.33. The summed E-state index contributed by atoms with van der Waals surface area (Å²) in [6.45, 7) is 2.82. The van der Waals surface area contributed by atoms with Crippen molar-refractivity contribution in [3.63, 3.8) is 0 Å². The Hall–Kier alpha value is -2.06. The fourth-order valence-corrected chi connectivity index (χ4v) is 3.25. The van der Waals surface area contributed by atoms with Gasteiger partial charge in [0.15, 0.2) is 0 Å². The molecule has 23 heavy (non-hydrogen) atoms. The van der Waals surface area contributed by atoms with Crippen LogP contribution >= 0.6 is 11.6 Å². The van der Waals surface area contributed by atoms with Crippen molar-refractivity contribution in [2.24, 2.45) is 0 Å². The molecule has 0 atom stereocenters. The monoisotopic (exact) mass is 322 g/mol. The van der Waals surface area contributed by atoms with Crippen molar-refractivity contribution < 1.29 is 0 Å². The molecule has 1 saturated carbocycles. The van der Waals surface area contributed by atoms with Gasteiger partial charge in [0.1, 0.15) is 5.15 Å². The number of rotatable bonds is 4. The Morgan fingerprint density at radius 3 is 2.39 bits per heavy atom. The number of benzene rings is 2. The van der Waals surface area contributed by atoms with Gasteiger partial charge in [0, 0.05) is 11.5 Å². The van der Waals surface area contributed by atoms with Gasteiger partial charge in [-0.25, -0.2) is 4.68 Å². The van der Waals surface area contributed by atoms with Crippen molar-refractivity contribution in [1.82, 2.24) is 9.78 Å². The van der Waals surface area contributed by atoms with Crippen LogP contribution in [0.4, 0.5) is 0 Å². The molecular formula is C20H19ClN2. The maximum atomic E-state index is 6.73. The lowest BCUT2D eigenvalue weighted by atomic mass is 10.0. The van der Waals surface area contributed by atoms with Gasteiger partial charge in [0.05, 0.1) is 12.2 Å². The molecule has 0 aliphatic heterocycles. The van der Waals surface area contributed by atoms with Crippen LogP contribution in [0.2, 0.25) is 5.15 Å². The lowest BCUT2D eigenvalue weighted by molar-refractivity contribution is 0.673. The van der Waals surface area contributed by atoms with E-state index in [-0.39, 0.29) is 0 Å². The molecule has 116 valence electrons. The Balaban J connectivity index is 1.77. The molecular weight excluding hydrogens is 304 g/mol. The maximum Gasteiger partial charge on any atom is 0.135 e. The summed E-state index contributed by atoms with van der Waals surface area (Å²) in [7, 11) is 0. The molecule has 4 rings (SSSR count). The summed E-state index contributed by atoms with van der Waals surface area (Å²) < 4.78 is 1.94. The number of halogens is 1. The molecule has 0 spiro atoms. The Labute approximate surface area is 141 Å². The Morgan fingerprint density at radius 2 is 1.74 bits per heavy atom. The molecule has 1 aliphatic carbocycles. The molecule has 0 N–H and O–H groups in total. The molecule has 0 bridgehead atoms. The highest BCUT2D eigenvalue weighted by atomic mass is 35.5. The minimum Gasteiger partial charge on any atom is -0.249 e. The summed E-state index contributed by atoms with van der Waals surface area (Å²) in [5.41, 5.74) is 5.92. The van der Waals surface area contributed by atoms with Gasteiger partial charge in [-0.05, 0) is 30.9 Å². The average molecular weight is 323 g/mol. The molecule has 0 amide bonds. The van der Waals surface area contributed by atoms with E-state index in [4.69, 9.17) is 16.7 Å². The van der Waals surface area contributed by atoms with E-state index in [1.807, 2.05) is 10.7 Å². The third-order valence-corrected chi connectivity index (χ3v) is 4.78. The van der Waals surface area contributed by atoms with E-state index in [1.165, 1.54) is 29.5 Å². The van der Waals surface area contributed by atoms with Gasteiger partial charge in [-0.1, -0.05) is 71.8 Å². The van der Waals surface area contributed by atoms with E-state index in [2.05, 4.69) is 55.5 Å². The highest BCUT2D eigenvalue weighted by Gasteiger charge is 2.31. The number of nitrogens with zero attached hydrogens (tertiary/aromatic N) is 2. The first-order valence-electron chi connectivity index (χ1n) is 8.09. The van der Waals surface area contributed by atoms with Crippen LogP contribution < -0.4 is 0 Å². The number of hydrogen-bond donors (Lipinski definition) is 0. The van der Waals surface area contributed by atoms with Gasteiger partial charge >= 0.3 is 0 Å². The van der Waals surface area contributed by atoms with Gasteiger partial charge in [-0.15, -0.1) is 0 Å². The van der Waals surface area contributed by atoms with E-state index in [0.29, 0.717) is 12.5 Å². The van der Waals surface area contributed by atoms with Crippen molar-refractivity contribution in [3.8, 4) is 11.1 Å². The summed E-state index contributed by atoms with van der Waals surface area (Å²) in [6, 6.07) is 18.9. The van der Waals surface area contributed by atoms with Gasteiger partial charge in [0.2, 0.25) is 0 Å². The van der Waals surface area contributed by atoms with E-state index < -0.39 is 0 Å². The van der Waals surface area contributed by atoms with E-state index in [0.717, 1.165) is 16.4 Å². The summed E-state index contributed by atoms with van der Waals surface area (Å²) in [5.74, 6) is 0.570. The van der Waals surface area contributed by atoms with E-state index >= 15 is 0 Å². The van der Waals surface area contributed by atoms with Crippen molar-refractivity contribution >= 4 is 11.6 Å². The Morgan fingerprint density at radius 1 is 1.04 bits per heavy atom. The first-order valence-corrected chi connectivity index (χ1v) is 8.47. The zero-order valence-electron chi connectivity index (χ0n) is 13.2. The quantitative estimate of drug-likeness (QED) is 0.625. The summed E-state index contributed by atoms with van der Waals surface area (Å²) in [4.78, 5) is 0. The SMILES string of the molecule is Cc1ccc(-c2c(C3CC3)nn(Cc3ccccc3)c2Cl)cc1. The fraction of sp³-hybridized carbons (Fsp3) is 0.250. The molecule has 0 radical (unpaired) electrons. The molecule has 3 heteroatoms. The van der Waals surface area contributed by atoms with E-state index in [1.54, 1.807) is 0 Å². The number of hydrogen-bond acceptors (Lipinski definition) is 1. The van der Waals surface area contributed by atoms with Gasteiger partial charge in [-0.3, -0.25) is 0 Å². The molecule has 2 nitrogen and oxygen atoms in total. The van der Waals surface area contributed by atoms with Crippen LogP contribution in [0.5, 0.6) is 0 Å². The topological polar surface area (TPSA) is 17.8 Å². The van der Waals surface area contributed by atoms with Crippen LogP contribution in [-0.4, -0.2) is 9.78 Å². The molecule has 2 aromatic carbocycles. The van der Waals surface area contributed by atoms with E-state index in [9.17, 15) is 0 Å². The zero-order valence-corrected chi connectivity index (χ0v) is 13.9. The predicted octanol–water partition coefficient (Wildman–Crippen LogP) is 5.44. The van der Waals surface area contributed by atoms with Crippen molar-refractivity contribution in [1.29, 1.82) is 0 Å². The third kappa shape index (κ3) is 2.91. The van der Waals surface area contributed by atoms with Crippen molar-refractivity contribution in [3.05, 3.63) is 76.6 Å². The maximum absolute atomic E-state index is 6.73. The fourth-order valence-electron chi connectivity index (χ4n) is 2.95. The van der Waals surface area contributed by atoms with Gasteiger partial charge in [0.25, 0.3) is 0 Å². The molecule has 1 fully saturated rings. The van der Waals surface area contributed by atoms with Crippen LogP contribution in [0.25, 0.3) is 11.1 Å². The van der Waals surface area contributed by atoms with Gasteiger partial charge < -0.3 is 0 Å². The molecule has 1 aromatic heterocycles. The lowest BCUT2D eigenvalue weighted by Gasteiger charge is -2.05. The third-order valence-electron chi connectivity index (χ3n) is 4.40. The first kappa shape index (κ1) is 14.5. The van der Waals surface area contributed by atoms with Crippen LogP contribution in [0.3, 0.4) is 0 Å². The van der Waals surface area contributed by atoms with Gasteiger partial charge in [-0.2, -0.15) is 5.10 Å². The molecule has 0 saturated heterocycles. The number of aryl methyl sites for hydroxylation is 1. The van der Waals surface area contributed by atoms with Crippen molar-refractivity contribution in [2.45, 2.75) is 32.2 Å². The molecule has 1 aliphatic rings. The average Bonchev–Trinajstić information content (AvgIpc) is 3.36. The highest BCUT2D eigenvalue weighted by molar-refractivity contribution is 6.32. The normalized spacial score (nSPS) is 14.2. The summed E-state index contributed by atoms with van der Waals surface area (Å²) in [6.07, 6.45) is 2.44. The molecule has 3 aromatic rings. The first-order chi connectivity index (χ1) is 11.2. The predicted molar refractivity (Wildman–Crippen MR) is 94.9 cm³/mol. The smallest absolute Gasteiger partial charge is 0.135 e. The minimum absolute atomic E-state index is 0.570. The highest BCUT2D eigenvalue weighted by Crippen LogP contribution is 2.46. The summed E-state index contributed by atoms with van der Waals surface area (Å²) in [5, 5.41) is 5.60. The minimum atomic E-state index is 0.570. The standard InChI is InChI=1S/C20H19ClN2/c1-14-7-9-16(10-8-14)18-19(17-11-12-17)22-23(20(18)21)13-15-5-3-2-4-6-15/h2-10,17H,11-13H2,1H3. The zero-order chi connectivity index (χ0) is 15.8. The van der Waals surface area contributed by atoms with Crippen LogP contribution in [0.1, 0.15) is 35.6 Å². The number of aromatic nitrogens is 2. The van der Waals surface area contributed by atoms with Crippen molar-refractivity contribution in [2.75, 3.05) is 0 Å². The lowest BCUT2D eigenvalue weighted by Crippen LogP contribution is -2.02. The molecule has 0 unspecified atom stereocenters. The Bertz CT molecular complexity index is 815. The van der Waals surface area contributed by atoms with Crippen LogP contribution in [-0.2, 0) is 6.54 Å². The van der Waals surface area contributed by atoms with Crippen LogP contribution in [0, 0.1) is 6.92 Å². The summed E-state index contributed by atoms with van der Waals surface area (Å²) >= 11 is 6.73. The second-order valence-corrected chi connectivity index (χ2v) is 6.69. The largest absolute Gasteiger partial charge is 0.249 e. The molecule has 1 heterocycles. The second kappa shape index (κ2) is 5.86. The van der Waals surface area contributed by atoms with Crippen LogP contribution in [0.15, 0.2) is 54.6 Å². The Kier molecular flexibility index (Phi) is 3.70.